The summed E-state index contributed by atoms with van der Waals surface area (Å²) >= 11 is 0. The number of hydrogen-bond acceptors (Lipinski definition) is 9. The van der Waals surface area contributed by atoms with Crippen molar-refractivity contribution in [3.8, 4) is 5.75 Å². The van der Waals surface area contributed by atoms with Crippen LogP contribution < -0.4 is 21.1 Å². The van der Waals surface area contributed by atoms with Crippen LogP contribution in [0.3, 0.4) is 0 Å². The highest BCUT2D eigenvalue weighted by Gasteiger charge is 2.29. The number of esters is 1. The van der Waals surface area contributed by atoms with Gasteiger partial charge in [0.2, 0.25) is 11.8 Å². The quantitative estimate of drug-likeness (QED) is 0.107. The predicted molar refractivity (Wildman–Crippen MR) is 191 cm³/mol. The topological polar surface area (TPSA) is 200 Å². The molecule has 13 heteroatoms. The molecule has 0 saturated carbocycles. The summed E-state index contributed by atoms with van der Waals surface area (Å²) < 4.78 is 15.9. The first-order valence-electron chi connectivity index (χ1n) is 17.1. The first-order chi connectivity index (χ1) is 24.9. The van der Waals surface area contributed by atoms with Gasteiger partial charge in [-0.3, -0.25) is 19.2 Å². The molecule has 0 unspecified atom stereocenters. The number of carbonyl (C=O) groups excluding carboxylic acids is 5. The number of benzene rings is 3. The first kappa shape index (κ1) is 40.7. The molecule has 3 aromatic carbocycles. The van der Waals surface area contributed by atoms with E-state index >= 15 is 0 Å². The minimum absolute atomic E-state index is 0.0273. The maximum atomic E-state index is 13.8. The normalized spacial score (nSPS) is 12.5. The van der Waals surface area contributed by atoms with Gasteiger partial charge in [0.25, 0.3) is 0 Å². The Bertz CT molecular complexity index is 1610. The van der Waals surface area contributed by atoms with Gasteiger partial charge < -0.3 is 35.7 Å². The lowest BCUT2D eigenvalue weighted by atomic mass is 9.89. The number of hydrogen-bond donors (Lipinski definition) is 4. The molecule has 0 radical (unpaired) electrons. The van der Waals surface area contributed by atoms with Crippen LogP contribution in [0.15, 0.2) is 84.9 Å². The van der Waals surface area contributed by atoms with E-state index in [-0.39, 0.29) is 57.0 Å². The van der Waals surface area contributed by atoms with Crippen molar-refractivity contribution in [2.24, 2.45) is 17.6 Å². The number of primary amides is 1. The molecule has 278 valence electrons. The average Bonchev–Trinajstić information content (AvgIpc) is 3.13. The van der Waals surface area contributed by atoms with E-state index in [9.17, 15) is 28.8 Å². The lowest BCUT2D eigenvalue weighted by Crippen LogP contribution is -2.52. The number of ketones is 1. The van der Waals surface area contributed by atoms with Crippen LogP contribution in [-0.2, 0) is 53.1 Å². The second-order valence-electron chi connectivity index (χ2n) is 12.8. The van der Waals surface area contributed by atoms with E-state index in [1.807, 2.05) is 38.1 Å². The summed E-state index contributed by atoms with van der Waals surface area (Å²) in [6, 6.07) is 22.0. The zero-order valence-corrected chi connectivity index (χ0v) is 29.5. The minimum Gasteiger partial charge on any atom is -0.482 e. The van der Waals surface area contributed by atoms with Crippen molar-refractivity contribution in [1.29, 1.82) is 0 Å². The first-order valence-corrected chi connectivity index (χ1v) is 17.1. The third-order valence-electron chi connectivity index (χ3n) is 8.03. The average molecular weight is 718 g/mol. The van der Waals surface area contributed by atoms with E-state index in [1.165, 1.54) is 0 Å². The molecule has 3 aromatic rings. The van der Waals surface area contributed by atoms with Gasteiger partial charge in [-0.2, -0.15) is 0 Å². The molecule has 3 atom stereocenters. The van der Waals surface area contributed by atoms with Crippen molar-refractivity contribution in [2.45, 2.75) is 77.7 Å². The number of alkyl carbamates (subject to hydrolysis) is 1. The van der Waals surface area contributed by atoms with Crippen molar-refractivity contribution in [3.05, 3.63) is 102 Å². The number of carbonyl (C=O) groups is 6. The van der Waals surface area contributed by atoms with Gasteiger partial charge >= 0.3 is 18.0 Å². The molecule has 0 aliphatic rings. The number of rotatable bonds is 22. The van der Waals surface area contributed by atoms with E-state index in [0.717, 1.165) is 11.1 Å². The number of amides is 3. The minimum atomic E-state index is -1.28. The summed E-state index contributed by atoms with van der Waals surface area (Å²) in [5.41, 5.74) is 7.73. The van der Waals surface area contributed by atoms with E-state index < -0.39 is 54.5 Å². The smallest absolute Gasteiger partial charge is 0.408 e. The Morgan fingerprint density at radius 2 is 1.31 bits per heavy atom. The molecular weight excluding hydrogens is 670 g/mol. The van der Waals surface area contributed by atoms with Crippen molar-refractivity contribution < 1.29 is 48.1 Å². The second kappa shape index (κ2) is 21.5. The molecule has 0 heterocycles. The van der Waals surface area contributed by atoms with E-state index in [4.69, 9.17) is 25.1 Å². The molecule has 13 nitrogen and oxygen atoms in total. The molecule has 52 heavy (non-hydrogen) atoms. The Hall–Kier alpha value is -5.72. The van der Waals surface area contributed by atoms with E-state index in [1.54, 1.807) is 60.7 Å². The predicted octanol–water partition coefficient (Wildman–Crippen LogP) is 4.49. The summed E-state index contributed by atoms with van der Waals surface area (Å²) in [5, 5.41) is 14.2. The maximum absolute atomic E-state index is 13.8. The van der Waals surface area contributed by atoms with Crippen LogP contribution in [0.1, 0.15) is 62.6 Å². The summed E-state index contributed by atoms with van der Waals surface area (Å²) in [6.07, 6.45) is -0.645. The zero-order valence-electron chi connectivity index (χ0n) is 29.5. The van der Waals surface area contributed by atoms with Crippen molar-refractivity contribution in [2.75, 3.05) is 6.61 Å². The fourth-order valence-corrected chi connectivity index (χ4v) is 5.30. The van der Waals surface area contributed by atoms with E-state index in [0.29, 0.717) is 17.7 Å². The molecule has 3 rings (SSSR count). The Morgan fingerprint density at radius 3 is 1.87 bits per heavy atom. The third-order valence-corrected chi connectivity index (χ3v) is 8.03. The SMILES string of the molecule is CC(C)C[C@@H](CCC(=O)[C@H](Cc1ccc(OCC(=O)O)cc1)NC(=O)[C@H](CCC(=O)OCc1ccccc1)NC(=O)OCc1ccccc1)C(N)=O. The standard InChI is InChI=1S/C39H47N3O10/c1-26(2)21-30(37(40)47)15-19-34(43)33(22-27-13-16-31(17-14-27)50-25-35(44)45)41-38(48)32(42-39(49)52-24-29-11-7-4-8-12-29)18-20-36(46)51-23-28-9-5-3-6-10-28/h3-14,16-17,26,30,32-33H,15,18-25H2,1-2H3,(H2,40,47)(H,41,48)(H,42,49)(H,44,45)/t30-,32+,33+/m1/s1. The molecule has 0 spiro atoms. The molecule has 0 aliphatic carbocycles. The number of nitrogens with two attached hydrogens (primary N) is 1. The fourth-order valence-electron chi connectivity index (χ4n) is 5.30. The largest absolute Gasteiger partial charge is 0.482 e. The monoisotopic (exact) mass is 717 g/mol. The van der Waals surface area contributed by atoms with Gasteiger partial charge in [0.05, 0.1) is 6.04 Å². The molecule has 0 aromatic heterocycles. The number of nitrogens with one attached hydrogen (secondary N) is 2. The molecule has 5 N–H and O–H groups in total. The van der Waals surface area contributed by atoms with Crippen molar-refractivity contribution >= 4 is 35.6 Å². The van der Waals surface area contributed by atoms with Crippen LogP contribution in [-0.4, -0.2) is 59.4 Å². The molecule has 0 saturated heterocycles. The van der Waals surface area contributed by atoms with Crippen LogP contribution in [0, 0.1) is 11.8 Å². The lowest BCUT2D eigenvalue weighted by molar-refractivity contribution is -0.145. The number of Topliss-reactive ketones (excluding diaryl/α,β-unsaturated/α-hetero) is 1. The molecule has 3 amide bonds. The number of carboxylic acid groups (broad SMARTS) is 1. The van der Waals surface area contributed by atoms with Gasteiger partial charge in [-0.25, -0.2) is 9.59 Å². The van der Waals surface area contributed by atoms with Gasteiger partial charge in [0, 0.05) is 18.8 Å². The fraction of sp³-hybridized carbons (Fsp3) is 0.385. The molecule has 0 fully saturated rings. The summed E-state index contributed by atoms with van der Waals surface area (Å²) in [5.74, 6) is -3.44. The van der Waals surface area contributed by atoms with Crippen molar-refractivity contribution in [1.82, 2.24) is 10.6 Å². The summed E-state index contributed by atoms with van der Waals surface area (Å²) in [7, 11) is 0. The van der Waals surface area contributed by atoms with Crippen LogP contribution in [0.4, 0.5) is 4.79 Å². The van der Waals surface area contributed by atoms with Crippen LogP contribution >= 0.6 is 0 Å². The van der Waals surface area contributed by atoms with E-state index in [2.05, 4.69) is 10.6 Å². The highest BCUT2D eigenvalue weighted by atomic mass is 16.5. The van der Waals surface area contributed by atoms with Crippen LogP contribution in [0.25, 0.3) is 0 Å². The van der Waals surface area contributed by atoms with Gasteiger partial charge in [-0.05, 0) is 60.4 Å². The maximum Gasteiger partial charge on any atom is 0.408 e. The van der Waals surface area contributed by atoms with Gasteiger partial charge in [-0.15, -0.1) is 0 Å². The molecular formula is C39H47N3O10. The molecule has 0 bridgehead atoms. The van der Waals surface area contributed by atoms with Crippen LogP contribution in [0.2, 0.25) is 0 Å². The Labute approximate surface area is 303 Å². The number of carboxylic acids is 1. The molecule has 0 aliphatic heterocycles. The van der Waals surface area contributed by atoms with Crippen LogP contribution in [0.5, 0.6) is 5.75 Å². The van der Waals surface area contributed by atoms with Crippen molar-refractivity contribution in [3.63, 3.8) is 0 Å². The second-order valence-corrected chi connectivity index (χ2v) is 12.8. The lowest BCUT2D eigenvalue weighted by Gasteiger charge is -2.24. The Balaban J connectivity index is 1.77. The highest BCUT2D eigenvalue weighted by Crippen LogP contribution is 2.19. The summed E-state index contributed by atoms with van der Waals surface area (Å²) in [6.45, 7) is 3.32. The highest BCUT2D eigenvalue weighted by molar-refractivity contribution is 5.93. The number of ether oxygens (including phenoxy) is 3. The third kappa shape index (κ3) is 15.4. The Morgan fingerprint density at radius 1 is 0.712 bits per heavy atom. The Kier molecular flexibility index (Phi) is 16.8. The summed E-state index contributed by atoms with van der Waals surface area (Å²) in [4.78, 5) is 76.0. The van der Waals surface area contributed by atoms with Gasteiger partial charge in [-0.1, -0.05) is 86.6 Å². The van der Waals surface area contributed by atoms with Gasteiger partial charge in [0.15, 0.2) is 12.4 Å². The van der Waals surface area contributed by atoms with Gasteiger partial charge in [0.1, 0.15) is 25.0 Å². The zero-order chi connectivity index (χ0) is 37.9. The number of aliphatic carboxylic acids is 1.